The molecule has 0 bridgehead atoms. The third kappa shape index (κ3) is 6.94. The van der Waals surface area contributed by atoms with Crippen molar-refractivity contribution >= 4 is 25.8 Å². The van der Waals surface area contributed by atoms with E-state index in [1.165, 1.54) is 11.8 Å². The Balaban J connectivity index is 2.46. The summed E-state index contributed by atoms with van der Waals surface area (Å²) in [6.07, 6.45) is 1.74. The second kappa shape index (κ2) is 7.87. The van der Waals surface area contributed by atoms with Crippen molar-refractivity contribution in [2.75, 3.05) is 25.2 Å². The highest BCUT2D eigenvalue weighted by Gasteiger charge is 2.05. The van der Waals surface area contributed by atoms with Crippen molar-refractivity contribution in [3.8, 4) is 5.75 Å². The maximum absolute atomic E-state index is 11.0. The lowest BCUT2D eigenvalue weighted by Gasteiger charge is -2.10. The molecule has 1 rings (SSSR count). The lowest BCUT2D eigenvalue weighted by Crippen LogP contribution is -2.11. The number of hydrogen-bond acceptors (Lipinski definition) is 4. The van der Waals surface area contributed by atoms with Gasteiger partial charge in [0.25, 0.3) is 0 Å². The fraction of sp³-hybridized carbons (Fsp3) is 0.538. The number of halogens is 1. The van der Waals surface area contributed by atoms with Crippen LogP contribution in [0.15, 0.2) is 22.7 Å². The molecule has 0 aliphatic rings. The molecule has 1 aromatic rings. The van der Waals surface area contributed by atoms with Gasteiger partial charge in [0.15, 0.2) is 0 Å². The number of rotatable bonds is 8. The molecule has 0 radical (unpaired) electrons. The molecule has 0 heterocycles. The first-order chi connectivity index (χ1) is 8.92. The maximum Gasteiger partial charge on any atom is 0.147 e. The Hall–Kier alpha value is -0.590. The van der Waals surface area contributed by atoms with Crippen LogP contribution in [0.1, 0.15) is 18.9 Å². The lowest BCUT2D eigenvalue weighted by atomic mass is 10.2. The monoisotopic (exact) mass is 349 g/mol. The van der Waals surface area contributed by atoms with Gasteiger partial charge in [-0.3, -0.25) is 0 Å². The first-order valence-electron chi connectivity index (χ1n) is 6.22. The summed E-state index contributed by atoms with van der Waals surface area (Å²) in [5.74, 6) is 0.900. The summed E-state index contributed by atoms with van der Waals surface area (Å²) in [7, 11) is -2.91. The van der Waals surface area contributed by atoms with Crippen molar-refractivity contribution in [2.45, 2.75) is 19.9 Å². The van der Waals surface area contributed by atoms with Crippen LogP contribution < -0.4 is 10.1 Å². The molecule has 0 aliphatic carbocycles. The number of hydrogen-bond donors (Lipinski definition) is 1. The molecule has 0 fully saturated rings. The van der Waals surface area contributed by atoms with Crippen molar-refractivity contribution in [1.82, 2.24) is 5.32 Å². The third-order valence-corrected chi connectivity index (χ3v) is 4.14. The van der Waals surface area contributed by atoms with Crippen LogP contribution in [0.4, 0.5) is 0 Å². The summed E-state index contributed by atoms with van der Waals surface area (Å²) < 4.78 is 28.4. The van der Waals surface area contributed by atoms with Crippen molar-refractivity contribution < 1.29 is 13.2 Å². The van der Waals surface area contributed by atoms with Gasteiger partial charge in [0.1, 0.15) is 15.6 Å². The molecule has 4 nitrogen and oxygen atoms in total. The van der Waals surface area contributed by atoms with Crippen molar-refractivity contribution in [3.63, 3.8) is 0 Å². The quantitative estimate of drug-likeness (QED) is 0.732. The SMILES string of the molecule is CCNCc1ccc(OCCCS(C)(=O)=O)c(Br)c1. The minimum atomic E-state index is -2.91. The summed E-state index contributed by atoms with van der Waals surface area (Å²) >= 11 is 3.46. The van der Waals surface area contributed by atoms with Crippen LogP contribution in [0.3, 0.4) is 0 Å². The Kier molecular flexibility index (Phi) is 6.82. The summed E-state index contributed by atoms with van der Waals surface area (Å²) in [6.45, 7) is 4.22. The minimum Gasteiger partial charge on any atom is -0.492 e. The zero-order valence-electron chi connectivity index (χ0n) is 11.3. The van der Waals surface area contributed by atoms with E-state index in [0.717, 1.165) is 23.3 Å². The van der Waals surface area contributed by atoms with Gasteiger partial charge in [-0.1, -0.05) is 13.0 Å². The molecule has 0 aromatic heterocycles. The van der Waals surface area contributed by atoms with E-state index in [1.807, 2.05) is 18.2 Å². The summed E-state index contributed by atoms with van der Waals surface area (Å²) in [4.78, 5) is 0. The number of benzene rings is 1. The van der Waals surface area contributed by atoms with Crippen LogP contribution in [-0.2, 0) is 16.4 Å². The average Bonchev–Trinajstić information content (AvgIpc) is 2.32. The van der Waals surface area contributed by atoms with Gasteiger partial charge in [-0.25, -0.2) is 8.42 Å². The third-order valence-electron chi connectivity index (χ3n) is 2.49. The standard InChI is InChI=1S/C13H20BrNO3S/c1-3-15-10-11-5-6-13(12(14)9-11)18-7-4-8-19(2,16)17/h5-6,9,15H,3-4,7-8,10H2,1-2H3. The molecule has 0 spiro atoms. The van der Waals surface area contributed by atoms with Crippen LogP contribution in [-0.4, -0.2) is 33.6 Å². The number of ether oxygens (including phenoxy) is 1. The van der Waals surface area contributed by atoms with Crippen LogP contribution in [0.5, 0.6) is 5.75 Å². The molecule has 1 N–H and O–H groups in total. The van der Waals surface area contributed by atoms with Crippen LogP contribution in [0.2, 0.25) is 0 Å². The maximum atomic E-state index is 11.0. The van der Waals surface area contributed by atoms with Gasteiger partial charge in [-0.15, -0.1) is 0 Å². The van der Waals surface area contributed by atoms with E-state index >= 15 is 0 Å². The molecule has 108 valence electrons. The Morgan fingerprint density at radius 3 is 2.68 bits per heavy atom. The van der Waals surface area contributed by atoms with Gasteiger partial charge in [0, 0.05) is 12.8 Å². The normalized spacial score (nSPS) is 11.5. The molecule has 0 atom stereocenters. The Labute approximate surface area is 123 Å². The molecule has 0 amide bonds. The van der Waals surface area contributed by atoms with E-state index in [9.17, 15) is 8.42 Å². The topological polar surface area (TPSA) is 55.4 Å². The number of sulfone groups is 1. The second-order valence-electron chi connectivity index (χ2n) is 4.38. The first kappa shape index (κ1) is 16.5. The van der Waals surface area contributed by atoms with Crippen molar-refractivity contribution in [2.24, 2.45) is 0 Å². The van der Waals surface area contributed by atoms with E-state index in [4.69, 9.17) is 4.74 Å². The predicted octanol–water partition coefficient (Wildman–Crippen LogP) is 2.37. The molecule has 6 heteroatoms. The van der Waals surface area contributed by atoms with Gasteiger partial charge in [-0.05, 0) is 46.6 Å². The Bertz CT molecular complexity index is 503. The second-order valence-corrected chi connectivity index (χ2v) is 7.49. The van der Waals surface area contributed by atoms with Gasteiger partial charge >= 0.3 is 0 Å². The molecule has 0 aliphatic heterocycles. The lowest BCUT2D eigenvalue weighted by molar-refractivity contribution is 0.315. The molecular formula is C13H20BrNO3S. The van der Waals surface area contributed by atoms with Gasteiger partial charge in [0.2, 0.25) is 0 Å². The summed E-state index contributed by atoms with van der Waals surface area (Å²) in [5.41, 5.74) is 1.18. The van der Waals surface area contributed by atoms with E-state index < -0.39 is 9.84 Å². The number of nitrogens with one attached hydrogen (secondary N) is 1. The van der Waals surface area contributed by atoms with Crippen LogP contribution in [0.25, 0.3) is 0 Å². The molecule has 19 heavy (non-hydrogen) atoms. The minimum absolute atomic E-state index is 0.156. The predicted molar refractivity (Wildman–Crippen MR) is 81.3 cm³/mol. The zero-order chi connectivity index (χ0) is 14.3. The van der Waals surface area contributed by atoms with E-state index in [-0.39, 0.29) is 5.75 Å². The smallest absolute Gasteiger partial charge is 0.147 e. The Morgan fingerprint density at radius 2 is 2.11 bits per heavy atom. The molecule has 0 unspecified atom stereocenters. The molecule has 1 aromatic carbocycles. The zero-order valence-corrected chi connectivity index (χ0v) is 13.7. The highest BCUT2D eigenvalue weighted by molar-refractivity contribution is 9.10. The van der Waals surface area contributed by atoms with Crippen molar-refractivity contribution in [1.29, 1.82) is 0 Å². The highest BCUT2D eigenvalue weighted by Crippen LogP contribution is 2.26. The fourth-order valence-electron chi connectivity index (χ4n) is 1.54. The summed E-state index contributed by atoms with van der Waals surface area (Å²) in [5, 5.41) is 3.25. The molecule has 0 saturated heterocycles. The van der Waals surface area contributed by atoms with Crippen molar-refractivity contribution in [3.05, 3.63) is 28.2 Å². The van der Waals surface area contributed by atoms with Crippen LogP contribution in [0, 0.1) is 0 Å². The summed E-state index contributed by atoms with van der Waals surface area (Å²) in [6, 6.07) is 5.91. The van der Waals surface area contributed by atoms with E-state index in [0.29, 0.717) is 13.0 Å². The van der Waals surface area contributed by atoms with Gasteiger partial charge in [-0.2, -0.15) is 0 Å². The molecule has 0 saturated carbocycles. The fourth-order valence-corrected chi connectivity index (χ4v) is 2.73. The largest absolute Gasteiger partial charge is 0.492 e. The Morgan fingerprint density at radius 1 is 1.37 bits per heavy atom. The van der Waals surface area contributed by atoms with Gasteiger partial charge < -0.3 is 10.1 Å². The van der Waals surface area contributed by atoms with E-state index in [1.54, 1.807) is 0 Å². The van der Waals surface area contributed by atoms with E-state index in [2.05, 4.69) is 28.2 Å². The van der Waals surface area contributed by atoms with Crippen LogP contribution >= 0.6 is 15.9 Å². The first-order valence-corrected chi connectivity index (χ1v) is 9.07. The molecular weight excluding hydrogens is 330 g/mol. The average molecular weight is 350 g/mol. The van der Waals surface area contributed by atoms with Gasteiger partial charge in [0.05, 0.1) is 16.8 Å². The highest BCUT2D eigenvalue weighted by atomic mass is 79.9.